The minimum Gasteiger partial charge on any atom is -0.118 e. The van der Waals surface area contributed by atoms with Crippen molar-refractivity contribution < 1.29 is 0 Å². The molecular formula is C17H30BrP. The molecule has 0 bridgehead atoms. The SMILES string of the molecule is Br.CCCCCCCCCCPCc1ccccc1. The summed E-state index contributed by atoms with van der Waals surface area (Å²) in [6, 6.07) is 10.9. The average Bonchev–Trinajstić information content (AvgIpc) is 2.42. The van der Waals surface area contributed by atoms with Crippen molar-refractivity contribution in [3.63, 3.8) is 0 Å². The first kappa shape index (κ1) is 19.1. The lowest BCUT2D eigenvalue weighted by molar-refractivity contribution is 0.586. The molecular weight excluding hydrogens is 315 g/mol. The van der Waals surface area contributed by atoms with Gasteiger partial charge < -0.3 is 0 Å². The molecule has 0 nitrogen and oxygen atoms in total. The highest BCUT2D eigenvalue weighted by Crippen LogP contribution is 2.20. The molecule has 1 rings (SSSR count). The van der Waals surface area contributed by atoms with Crippen LogP contribution in [0.3, 0.4) is 0 Å². The second-order valence-electron chi connectivity index (χ2n) is 5.14. The summed E-state index contributed by atoms with van der Waals surface area (Å²) in [6.07, 6.45) is 14.2. The molecule has 1 aromatic rings. The molecule has 0 aliphatic carbocycles. The van der Waals surface area contributed by atoms with Gasteiger partial charge in [-0.1, -0.05) is 82.2 Å². The molecule has 1 atom stereocenters. The maximum absolute atomic E-state index is 2.29. The molecule has 110 valence electrons. The van der Waals surface area contributed by atoms with Gasteiger partial charge in [-0.15, -0.1) is 25.6 Å². The van der Waals surface area contributed by atoms with E-state index in [0.717, 1.165) is 8.58 Å². The molecule has 0 saturated heterocycles. The van der Waals surface area contributed by atoms with Crippen molar-refractivity contribution in [3.05, 3.63) is 35.9 Å². The Kier molecular flexibility index (Phi) is 14.6. The highest BCUT2D eigenvalue weighted by atomic mass is 79.9. The van der Waals surface area contributed by atoms with Crippen LogP contribution < -0.4 is 0 Å². The third-order valence-electron chi connectivity index (χ3n) is 3.38. The number of halogens is 1. The molecule has 0 fully saturated rings. The van der Waals surface area contributed by atoms with E-state index in [9.17, 15) is 0 Å². The number of hydrogen-bond donors (Lipinski definition) is 0. The summed E-state index contributed by atoms with van der Waals surface area (Å²) in [7, 11) is 1.12. The van der Waals surface area contributed by atoms with Crippen LogP contribution in [-0.4, -0.2) is 6.16 Å². The summed E-state index contributed by atoms with van der Waals surface area (Å²) >= 11 is 0. The van der Waals surface area contributed by atoms with Crippen molar-refractivity contribution in [3.8, 4) is 0 Å². The van der Waals surface area contributed by atoms with Crippen LogP contribution in [0.15, 0.2) is 30.3 Å². The maximum atomic E-state index is 2.29. The van der Waals surface area contributed by atoms with E-state index in [1.54, 1.807) is 0 Å². The standard InChI is InChI=1S/C17H29P.BrH/c1-2-3-4-5-6-7-8-12-15-18-16-17-13-10-9-11-14-17;/h9-11,13-14,18H,2-8,12,15-16H2,1H3;1H. The predicted octanol–water partition coefficient (Wildman–Crippen LogP) is 6.58. The number of hydrogen-bond acceptors (Lipinski definition) is 0. The lowest BCUT2D eigenvalue weighted by Gasteiger charge is -2.03. The molecule has 0 spiro atoms. The molecule has 0 aliphatic heterocycles. The molecule has 1 unspecified atom stereocenters. The van der Waals surface area contributed by atoms with Gasteiger partial charge in [-0.05, 0) is 24.3 Å². The molecule has 2 heteroatoms. The van der Waals surface area contributed by atoms with E-state index in [0.29, 0.717) is 0 Å². The van der Waals surface area contributed by atoms with Gasteiger partial charge in [0.15, 0.2) is 0 Å². The van der Waals surface area contributed by atoms with Gasteiger partial charge in [0.05, 0.1) is 0 Å². The van der Waals surface area contributed by atoms with Crippen LogP contribution in [-0.2, 0) is 6.16 Å². The van der Waals surface area contributed by atoms with E-state index >= 15 is 0 Å². The van der Waals surface area contributed by atoms with E-state index in [1.807, 2.05) is 0 Å². The lowest BCUT2D eigenvalue weighted by Crippen LogP contribution is -1.83. The first-order valence-corrected chi connectivity index (χ1v) is 9.09. The fourth-order valence-corrected chi connectivity index (χ4v) is 3.41. The molecule has 0 saturated carbocycles. The minimum atomic E-state index is 0. The smallest absolute Gasteiger partial charge is 0.0101 e. The van der Waals surface area contributed by atoms with Gasteiger partial charge in [-0.25, -0.2) is 0 Å². The highest BCUT2D eigenvalue weighted by Gasteiger charge is 1.93. The van der Waals surface area contributed by atoms with E-state index in [-0.39, 0.29) is 17.0 Å². The largest absolute Gasteiger partial charge is 0.118 e. The van der Waals surface area contributed by atoms with Crippen LogP contribution in [0.1, 0.15) is 63.9 Å². The van der Waals surface area contributed by atoms with Gasteiger partial charge in [0.25, 0.3) is 0 Å². The van der Waals surface area contributed by atoms with Crippen LogP contribution in [0.25, 0.3) is 0 Å². The summed E-state index contributed by atoms with van der Waals surface area (Å²) in [5.41, 5.74) is 1.51. The van der Waals surface area contributed by atoms with Crippen molar-refractivity contribution in [2.24, 2.45) is 0 Å². The first-order valence-electron chi connectivity index (χ1n) is 7.68. The monoisotopic (exact) mass is 344 g/mol. The molecule has 0 aromatic heterocycles. The van der Waals surface area contributed by atoms with E-state index in [4.69, 9.17) is 0 Å². The van der Waals surface area contributed by atoms with E-state index in [1.165, 1.54) is 69.3 Å². The van der Waals surface area contributed by atoms with Gasteiger partial charge in [0, 0.05) is 0 Å². The molecule has 0 amide bonds. The Morgan fingerprint density at radius 3 is 2.00 bits per heavy atom. The van der Waals surface area contributed by atoms with Crippen molar-refractivity contribution in [1.29, 1.82) is 0 Å². The second kappa shape index (κ2) is 14.5. The van der Waals surface area contributed by atoms with Gasteiger partial charge in [0.1, 0.15) is 0 Å². The summed E-state index contributed by atoms with van der Waals surface area (Å²) in [5, 5.41) is 0. The molecule has 19 heavy (non-hydrogen) atoms. The first-order chi connectivity index (χ1) is 8.93. The molecule has 1 aromatic carbocycles. The maximum Gasteiger partial charge on any atom is -0.0101 e. The van der Waals surface area contributed by atoms with Crippen molar-refractivity contribution >= 4 is 25.6 Å². The predicted molar refractivity (Wildman–Crippen MR) is 96.3 cm³/mol. The Balaban J connectivity index is 0.00000324. The number of rotatable bonds is 11. The zero-order valence-electron chi connectivity index (χ0n) is 12.4. The fourth-order valence-electron chi connectivity index (χ4n) is 2.21. The zero-order valence-corrected chi connectivity index (χ0v) is 15.1. The molecule has 0 N–H and O–H groups in total. The Morgan fingerprint density at radius 1 is 0.789 bits per heavy atom. The van der Waals surface area contributed by atoms with Gasteiger partial charge in [-0.2, -0.15) is 0 Å². The number of unbranched alkanes of at least 4 members (excludes halogenated alkanes) is 7. The Hall–Kier alpha value is 0.130. The van der Waals surface area contributed by atoms with Crippen LogP contribution >= 0.6 is 25.6 Å². The quantitative estimate of drug-likeness (QED) is 0.314. The van der Waals surface area contributed by atoms with E-state index in [2.05, 4.69) is 37.3 Å². The second-order valence-corrected chi connectivity index (χ2v) is 6.49. The van der Waals surface area contributed by atoms with E-state index < -0.39 is 0 Å². The topological polar surface area (TPSA) is 0 Å². The Labute approximate surface area is 132 Å². The Bertz CT molecular complexity index is 274. The minimum absolute atomic E-state index is 0. The van der Waals surface area contributed by atoms with Gasteiger partial charge >= 0.3 is 0 Å². The van der Waals surface area contributed by atoms with Gasteiger partial charge in [0.2, 0.25) is 0 Å². The summed E-state index contributed by atoms with van der Waals surface area (Å²) in [4.78, 5) is 0. The summed E-state index contributed by atoms with van der Waals surface area (Å²) in [6.45, 7) is 2.29. The van der Waals surface area contributed by atoms with Crippen molar-refractivity contribution in [2.75, 3.05) is 6.16 Å². The lowest BCUT2D eigenvalue weighted by atomic mass is 10.1. The Morgan fingerprint density at radius 2 is 1.37 bits per heavy atom. The normalized spacial score (nSPS) is 10.8. The van der Waals surface area contributed by atoms with Crippen molar-refractivity contribution in [1.82, 2.24) is 0 Å². The molecule has 0 aliphatic rings. The summed E-state index contributed by atoms with van der Waals surface area (Å²) < 4.78 is 0. The summed E-state index contributed by atoms with van der Waals surface area (Å²) in [5.74, 6) is 0. The zero-order chi connectivity index (χ0) is 12.9. The third kappa shape index (κ3) is 11.6. The third-order valence-corrected chi connectivity index (χ3v) is 4.74. The molecule has 0 radical (unpaired) electrons. The van der Waals surface area contributed by atoms with Crippen LogP contribution in [0, 0.1) is 0 Å². The highest BCUT2D eigenvalue weighted by molar-refractivity contribution is 8.93. The van der Waals surface area contributed by atoms with Crippen LogP contribution in [0.5, 0.6) is 0 Å². The van der Waals surface area contributed by atoms with Gasteiger partial charge in [-0.3, -0.25) is 0 Å². The van der Waals surface area contributed by atoms with Crippen molar-refractivity contribution in [2.45, 2.75) is 64.5 Å². The van der Waals surface area contributed by atoms with Crippen LogP contribution in [0.4, 0.5) is 0 Å². The molecule has 0 heterocycles. The average molecular weight is 345 g/mol. The van der Waals surface area contributed by atoms with Crippen LogP contribution in [0.2, 0.25) is 0 Å². The fraction of sp³-hybridized carbons (Fsp3) is 0.647. The number of benzene rings is 1.